The van der Waals surface area contributed by atoms with Crippen LogP contribution in [0.1, 0.15) is 30.0 Å². The number of aromatic nitrogens is 1. The zero-order chi connectivity index (χ0) is 14.3. The van der Waals surface area contributed by atoms with Crippen molar-refractivity contribution in [2.45, 2.75) is 19.6 Å². The van der Waals surface area contributed by atoms with Crippen LogP contribution in [0, 0.1) is 0 Å². The lowest BCUT2D eigenvalue weighted by Crippen LogP contribution is -2.31. The number of amides is 1. The van der Waals surface area contributed by atoms with Gasteiger partial charge in [-0.1, -0.05) is 6.07 Å². The fourth-order valence-corrected chi connectivity index (χ4v) is 2.42. The number of rotatable bonds is 7. The molecule has 1 heterocycles. The Morgan fingerprint density at radius 1 is 1.32 bits per heavy atom. The van der Waals surface area contributed by atoms with Gasteiger partial charge in [-0.25, -0.2) is 9.78 Å². The molecule has 0 atom stereocenters. The second-order valence-corrected chi connectivity index (χ2v) is 4.86. The third-order valence-electron chi connectivity index (χ3n) is 2.62. The molecule has 104 valence electrons. The molecule has 19 heavy (non-hydrogen) atoms. The summed E-state index contributed by atoms with van der Waals surface area (Å²) in [5.74, 6) is -0.00938. The molecule has 0 fully saturated rings. The molecule has 0 spiro atoms. The predicted octanol–water partition coefficient (Wildman–Crippen LogP) is 1.88. The largest absolute Gasteiger partial charge is 0.477 e. The molecule has 0 aliphatic carbocycles. The summed E-state index contributed by atoms with van der Waals surface area (Å²) < 4.78 is 0. The van der Waals surface area contributed by atoms with Crippen LogP contribution in [0.5, 0.6) is 0 Å². The molecule has 1 N–H and O–H groups in total. The Kier molecular flexibility index (Phi) is 6.35. The SMILES string of the molecule is CCN(CC)C(=O)CSCc1cccc(C(=O)O)n1. The Bertz CT molecular complexity index is 447. The van der Waals surface area contributed by atoms with Crippen LogP contribution in [0.3, 0.4) is 0 Å². The molecular weight excluding hydrogens is 264 g/mol. The summed E-state index contributed by atoms with van der Waals surface area (Å²) in [6, 6.07) is 4.89. The van der Waals surface area contributed by atoms with Crippen LogP contribution in [0.15, 0.2) is 18.2 Å². The van der Waals surface area contributed by atoms with Crippen LogP contribution in [-0.4, -0.2) is 45.7 Å². The number of hydrogen-bond acceptors (Lipinski definition) is 4. The molecule has 0 unspecified atom stereocenters. The van der Waals surface area contributed by atoms with Gasteiger partial charge in [-0.05, 0) is 26.0 Å². The van der Waals surface area contributed by atoms with E-state index in [4.69, 9.17) is 5.11 Å². The van der Waals surface area contributed by atoms with Gasteiger partial charge in [-0.2, -0.15) is 0 Å². The highest BCUT2D eigenvalue weighted by Crippen LogP contribution is 2.11. The second kappa shape index (κ2) is 7.78. The van der Waals surface area contributed by atoms with Crippen LogP contribution in [-0.2, 0) is 10.5 Å². The number of nitrogens with zero attached hydrogens (tertiary/aromatic N) is 2. The average Bonchev–Trinajstić information content (AvgIpc) is 2.40. The molecule has 6 heteroatoms. The molecule has 0 saturated heterocycles. The highest BCUT2D eigenvalue weighted by atomic mass is 32.2. The minimum Gasteiger partial charge on any atom is -0.477 e. The van der Waals surface area contributed by atoms with E-state index in [0.717, 1.165) is 0 Å². The van der Waals surface area contributed by atoms with E-state index in [1.54, 1.807) is 17.0 Å². The molecule has 0 aliphatic rings. The quantitative estimate of drug-likeness (QED) is 0.827. The van der Waals surface area contributed by atoms with Gasteiger partial charge in [-0.3, -0.25) is 4.79 Å². The first-order chi connectivity index (χ1) is 9.08. The average molecular weight is 282 g/mol. The lowest BCUT2D eigenvalue weighted by Gasteiger charge is -2.18. The van der Waals surface area contributed by atoms with Gasteiger partial charge in [0.2, 0.25) is 5.91 Å². The standard InChI is InChI=1S/C13H18N2O3S/c1-3-15(4-2)12(16)9-19-8-10-6-5-7-11(14-10)13(17)18/h5-7H,3-4,8-9H2,1-2H3,(H,17,18). The molecule has 1 rings (SSSR count). The molecule has 1 aromatic rings. The van der Waals surface area contributed by atoms with Crippen LogP contribution >= 0.6 is 11.8 Å². The normalized spacial score (nSPS) is 10.2. The molecule has 0 bridgehead atoms. The summed E-state index contributed by atoms with van der Waals surface area (Å²) in [5.41, 5.74) is 0.713. The molecule has 0 aromatic carbocycles. The third-order valence-corrected chi connectivity index (χ3v) is 3.57. The first-order valence-corrected chi connectivity index (χ1v) is 7.28. The van der Waals surface area contributed by atoms with Crippen molar-refractivity contribution >= 4 is 23.6 Å². The number of aromatic carboxylic acids is 1. The van der Waals surface area contributed by atoms with Crippen molar-refractivity contribution in [1.29, 1.82) is 0 Å². The van der Waals surface area contributed by atoms with Gasteiger partial charge in [0.1, 0.15) is 5.69 Å². The van der Waals surface area contributed by atoms with E-state index in [1.807, 2.05) is 13.8 Å². The van der Waals surface area contributed by atoms with Crippen molar-refractivity contribution in [2.24, 2.45) is 0 Å². The maximum absolute atomic E-state index is 11.8. The van der Waals surface area contributed by atoms with Crippen molar-refractivity contribution in [3.05, 3.63) is 29.6 Å². The van der Waals surface area contributed by atoms with Gasteiger partial charge in [0.15, 0.2) is 0 Å². The molecule has 0 saturated carbocycles. The van der Waals surface area contributed by atoms with Gasteiger partial charge in [0.25, 0.3) is 0 Å². The monoisotopic (exact) mass is 282 g/mol. The van der Waals surface area contributed by atoms with Crippen molar-refractivity contribution in [2.75, 3.05) is 18.8 Å². The van der Waals surface area contributed by atoms with E-state index in [1.165, 1.54) is 17.8 Å². The van der Waals surface area contributed by atoms with Crippen molar-refractivity contribution in [3.63, 3.8) is 0 Å². The number of carboxylic acid groups (broad SMARTS) is 1. The van der Waals surface area contributed by atoms with E-state index in [0.29, 0.717) is 30.3 Å². The van der Waals surface area contributed by atoms with E-state index in [9.17, 15) is 9.59 Å². The van der Waals surface area contributed by atoms with Crippen molar-refractivity contribution < 1.29 is 14.7 Å². The molecule has 5 nitrogen and oxygen atoms in total. The van der Waals surface area contributed by atoms with E-state index in [2.05, 4.69) is 4.98 Å². The Hall–Kier alpha value is -1.56. The van der Waals surface area contributed by atoms with Gasteiger partial charge in [-0.15, -0.1) is 11.8 Å². The summed E-state index contributed by atoms with van der Waals surface area (Å²) in [4.78, 5) is 28.3. The van der Waals surface area contributed by atoms with E-state index < -0.39 is 5.97 Å². The number of pyridine rings is 1. The highest BCUT2D eigenvalue weighted by molar-refractivity contribution is 7.99. The van der Waals surface area contributed by atoms with Crippen molar-refractivity contribution in [1.82, 2.24) is 9.88 Å². The Balaban J connectivity index is 2.47. The zero-order valence-electron chi connectivity index (χ0n) is 11.1. The van der Waals surface area contributed by atoms with Gasteiger partial charge in [0.05, 0.1) is 11.4 Å². The molecule has 1 amide bonds. The van der Waals surface area contributed by atoms with E-state index >= 15 is 0 Å². The first kappa shape index (κ1) is 15.5. The first-order valence-electron chi connectivity index (χ1n) is 6.13. The van der Waals surface area contributed by atoms with Gasteiger partial charge < -0.3 is 10.0 Å². The van der Waals surface area contributed by atoms with E-state index in [-0.39, 0.29) is 11.6 Å². The summed E-state index contributed by atoms with van der Waals surface area (Å²) in [6.07, 6.45) is 0. The maximum atomic E-state index is 11.8. The Morgan fingerprint density at radius 2 is 2.00 bits per heavy atom. The van der Waals surface area contributed by atoms with Gasteiger partial charge in [0, 0.05) is 18.8 Å². The van der Waals surface area contributed by atoms with Crippen LogP contribution in [0.4, 0.5) is 0 Å². The minimum absolute atomic E-state index is 0.0353. The van der Waals surface area contributed by atoms with Crippen LogP contribution in [0.2, 0.25) is 0 Å². The molecule has 1 aromatic heterocycles. The topological polar surface area (TPSA) is 70.5 Å². The summed E-state index contributed by atoms with van der Waals surface area (Å²) in [7, 11) is 0. The Morgan fingerprint density at radius 3 is 2.58 bits per heavy atom. The van der Waals surface area contributed by atoms with Crippen LogP contribution < -0.4 is 0 Å². The lowest BCUT2D eigenvalue weighted by atomic mass is 10.3. The van der Waals surface area contributed by atoms with Crippen LogP contribution in [0.25, 0.3) is 0 Å². The van der Waals surface area contributed by atoms with Crippen molar-refractivity contribution in [3.8, 4) is 0 Å². The van der Waals surface area contributed by atoms with Gasteiger partial charge >= 0.3 is 5.97 Å². The number of carbonyl (C=O) groups is 2. The summed E-state index contributed by atoms with van der Waals surface area (Å²) in [6.45, 7) is 5.32. The molecule has 0 aliphatic heterocycles. The number of thioether (sulfide) groups is 1. The summed E-state index contributed by atoms with van der Waals surface area (Å²) >= 11 is 1.45. The minimum atomic E-state index is -1.04. The smallest absolute Gasteiger partial charge is 0.354 e. The molecule has 0 radical (unpaired) electrons. The number of carboxylic acids is 1. The lowest BCUT2D eigenvalue weighted by molar-refractivity contribution is -0.127. The fourth-order valence-electron chi connectivity index (χ4n) is 1.59. The summed E-state index contributed by atoms with van der Waals surface area (Å²) in [5, 5.41) is 8.83. The third kappa shape index (κ3) is 4.90. The fraction of sp³-hybridized carbons (Fsp3) is 0.462. The predicted molar refractivity (Wildman–Crippen MR) is 75.3 cm³/mol. The maximum Gasteiger partial charge on any atom is 0.354 e. The number of carbonyl (C=O) groups excluding carboxylic acids is 1. The number of hydrogen-bond donors (Lipinski definition) is 1. The Labute approximate surface area is 117 Å². The second-order valence-electron chi connectivity index (χ2n) is 3.88. The zero-order valence-corrected chi connectivity index (χ0v) is 11.9. The molecular formula is C13H18N2O3S. The highest BCUT2D eigenvalue weighted by Gasteiger charge is 2.10.